The van der Waals surface area contributed by atoms with E-state index in [9.17, 15) is 13.5 Å². The Labute approximate surface area is 152 Å². The Morgan fingerprint density at radius 3 is 2.58 bits per heavy atom. The maximum Gasteiger partial charge on any atom is 0.297 e. The first kappa shape index (κ1) is 18.3. The van der Waals surface area contributed by atoms with Gasteiger partial charge in [0, 0.05) is 13.1 Å². The Morgan fingerprint density at radius 2 is 1.88 bits per heavy atom. The predicted molar refractivity (Wildman–Crippen MR) is 90.0 cm³/mol. The zero-order valence-corrected chi connectivity index (χ0v) is 15.3. The predicted octanol–water partition coefficient (Wildman–Crippen LogP) is -0.114. The molecule has 5 atom stereocenters. The lowest BCUT2D eigenvalue weighted by Crippen LogP contribution is -2.63. The molecule has 0 radical (unpaired) electrons. The molecule has 8 nitrogen and oxygen atoms in total. The third-order valence-electron chi connectivity index (χ3n) is 5.08. The summed E-state index contributed by atoms with van der Waals surface area (Å²) in [6, 6.07) is 5.97. The van der Waals surface area contributed by atoms with Crippen molar-refractivity contribution in [1.82, 2.24) is 4.90 Å². The van der Waals surface area contributed by atoms with Crippen LogP contribution in [0.15, 0.2) is 29.2 Å². The highest BCUT2D eigenvalue weighted by atomic mass is 32.2. The second-order valence-electron chi connectivity index (χ2n) is 6.83. The van der Waals surface area contributed by atoms with E-state index in [0.29, 0.717) is 32.9 Å². The van der Waals surface area contributed by atoms with Crippen molar-refractivity contribution in [2.24, 2.45) is 0 Å². The normalized spacial score (nSPS) is 35.5. The monoisotopic (exact) mass is 385 g/mol. The Kier molecular flexibility index (Phi) is 5.04. The van der Waals surface area contributed by atoms with Gasteiger partial charge in [0.2, 0.25) is 0 Å². The molecule has 4 rings (SSSR count). The van der Waals surface area contributed by atoms with Crippen LogP contribution in [0.5, 0.6) is 0 Å². The number of morpholine rings is 1. The van der Waals surface area contributed by atoms with Crippen LogP contribution >= 0.6 is 0 Å². The number of benzene rings is 1. The van der Waals surface area contributed by atoms with E-state index in [0.717, 1.165) is 5.56 Å². The molecule has 1 aromatic rings. The first-order valence-corrected chi connectivity index (χ1v) is 10.1. The van der Waals surface area contributed by atoms with Crippen LogP contribution in [0.2, 0.25) is 0 Å². The van der Waals surface area contributed by atoms with E-state index in [1.54, 1.807) is 12.1 Å². The van der Waals surface area contributed by atoms with E-state index >= 15 is 0 Å². The molecule has 0 unspecified atom stereocenters. The summed E-state index contributed by atoms with van der Waals surface area (Å²) in [7, 11) is -4.05. The van der Waals surface area contributed by atoms with Crippen LogP contribution in [0, 0.1) is 6.92 Å². The average Bonchev–Trinajstić information content (AvgIpc) is 3.06. The molecule has 3 aliphatic heterocycles. The smallest absolute Gasteiger partial charge is 0.297 e. The van der Waals surface area contributed by atoms with Crippen LogP contribution in [0.1, 0.15) is 5.56 Å². The first-order valence-electron chi connectivity index (χ1n) is 8.72. The highest BCUT2D eigenvalue weighted by Gasteiger charge is 2.54. The fraction of sp³-hybridized carbons (Fsp3) is 0.647. The number of hydrogen-bond acceptors (Lipinski definition) is 8. The zero-order chi connectivity index (χ0) is 18.3. The lowest BCUT2D eigenvalue weighted by atomic mass is 9.96. The molecule has 1 N–H and O–H groups in total. The number of fused-ring (bicyclic) bond motifs is 2. The second kappa shape index (κ2) is 7.16. The van der Waals surface area contributed by atoms with Crippen molar-refractivity contribution < 1.29 is 31.9 Å². The van der Waals surface area contributed by atoms with Crippen LogP contribution in [0.3, 0.4) is 0 Å². The largest absolute Gasteiger partial charge is 0.388 e. The van der Waals surface area contributed by atoms with Gasteiger partial charge in [-0.1, -0.05) is 17.7 Å². The fourth-order valence-electron chi connectivity index (χ4n) is 3.70. The number of aliphatic hydroxyl groups is 1. The summed E-state index contributed by atoms with van der Waals surface area (Å²) in [5, 5.41) is 10.9. The molecular formula is C17H23NO7S. The SMILES string of the molecule is Cc1ccc(S(=O)(=O)O[C@@H]2[C@@H]3OC[C@@H](O3)[C@@H](N3CCOCC3)[C@H]2O)cc1. The molecule has 9 heteroatoms. The van der Waals surface area contributed by atoms with E-state index < -0.39 is 34.7 Å². The number of aliphatic hydroxyl groups excluding tert-OH is 1. The molecule has 0 aliphatic carbocycles. The third kappa shape index (κ3) is 3.40. The molecule has 2 bridgehead atoms. The lowest BCUT2D eigenvalue weighted by Gasteiger charge is -2.44. The summed E-state index contributed by atoms with van der Waals surface area (Å²) in [6.07, 6.45) is -3.37. The summed E-state index contributed by atoms with van der Waals surface area (Å²) < 4.78 is 47.4. The van der Waals surface area contributed by atoms with Crippen molar-refractivity contribution in [2.45, 2.75) is 42.5 Å². The van der Waals surface area contributed by atoms with Gasteiger partial charge in [-0.15, -0.1) is 0 Å². The van der Waals surface area contributed by atoms with Gasteiger partial charge in [0.25, 0.3) is 10.1 Å². The summed E-state index contributed by atoms with van der Waals surface area (Å²) >= 11 is 0. The van der Waals surface area contributed by atoms with Crippen molar-refractivity contribution in [3.05, 3.63) is 29.8 Å². The highest BCUT2D eigenvalue weighted by molar-refractivity contribution is 7.86. The van der Waals surface area contributed by atoms with Crippen molar-refractivity contribution >= 4 is 10.1 Å². The molecule has 0 aromatic heterocycles. The Balaban J connectivity index is 1.56. The van der Waals surface area contributed by atoms with Gasteiger partial charge in [0.05, 0.1) is 30.8 Å². The molecule has 26 heavy (non-hydrogen) atoms. The molecule has 3 saturated heterocycles. The van der Waals surface area contributed by atoms with Gasteiger partial charge in [0.1, 0.15) is 12.2 Å². The van der Waals surface area contributed by atoms with Crippen LogP contribution < -0.4 is 0 Å². The van der Waals surface area contributed by atoms with Crippen LogP contribution in [-0.2, 0) is 28.5 Å². The molecule has 3 aliphatic rings. The number of nitrogens with zero attached hydrogens (tertiary/aromatic N) is 1. The van der Waals surface area contributed by atoms with Crippen molar-refractivity contribution in [3.63, 3.8) is 0 Å². The fourth-order valence-corrected chi connectivity index (χ4v) is 4.78. The van der Waals surface area contributed by atoms with Crippen molar-refractivity contribution in [3.8, 4) is 0 Å². The molecule has 1 aromatic carbocycles. The molecule has 0 saturated carbocycles. The van der Waals surface area contributed by atoms with Crippen LogP contribution in [0.4, 0.5) is 0 Å². The van der Waals surface area contributed by atoms with E-state index in [2.05, 4.69) is 4.90 Å². The molecule has 144 valence electrons. The molecular weight excluding hydrogens is 362 g/mol. The van der Waals surface area contributed by atoms with Crippen LogP contribution in [0.25, 0.3) is 0 Å². The highest BCUT2D eigenvalue weighted by Crippen LogP contribution is 2.34. The summed E-state index contributed by atoms with van der Waals surface area (Å²) in [6.45, 7) is 4.58. The Morgan fingerprint density at radius 1 is 1.19 bits per heavy atom. The Hall–Kier alpha value is -1.07. The Bertz CT molecular complexity index is 732. The van der Waals surface area contributed by atoms with E-state index in [1.165, 1.54) is 12.1 Å². The van der Waals surface area contributed by atoms with Gasteiger partial charge < -0.3 is 19.3 Å². The maximum absolute atomic E-state index is 12.6. The standard InChI is InChI=1S/C17H23NO7S/c1-11-2-4-12(5-3-11)26(20,21)25-16-15(19)14(13-10-23-17(16)24-13)18-6-8-22-9-7-18/h2-5,13-17,19H,6-10H2,1H3/t13-,14-,15-,16+,17-/m1/s1. The lowest BCUT2D eigenvalue weighted by molar-refractivity contribution is -0.211. The number of hydrogen-bond donors (Lipinski definition) is 1. The van der Waals surface area contributed by atoms with Gasteiger partial charge >= 0.3 is 0 Å². The quantitative estimate of drug-likeness (QED) is 0.718. The van der Waals surface area contributed by atoms with Gasteiger partial charge in [-0.3, -0.25) is 9.08 Å². The van der Waals surface area contributed by atoms with Gasteiger partial charge in [0.15, 0.2) is 12.4 Å². The molecule has 3 fully saturated rings. The number of ether oxygens (including phenoxy) is 3. The molecule has 3 heterocycles. The summed E-state index contributed by atoms with van der Waals surface area (Å²) in [5.41, 5.74) is 0.944. The minimum atomic E-state index is -4.05. The second-order valence-corrected chi connectivity index (χ2v) is 8.41. The topological polar surface area (TPSA) is 94.5 Å². The molecule has 0 spiro atoms. The number of aryl methyl sites for hydroxylation is 1. The van der Waals surface area contributed by atoms with Crippen molar-refractivity contribution in [2.75, 3.05) is 32.9 Å². The first-order chi connectivity index (χ1) is 12.5. The summed E-state index contributed by atoms with van der Waals surface area (Å²) in [5.74, 6) is 0. The minimum absolute atomic E-state index is 0.0401. The zero-order valence-electron chi connectivity index (χ0n) is 14.5. The van der Waals surface area contributed by atoms with E-state index in [4.69, 9.17) is 18.4 Å². The molecule has 0 amide bonds. The van der Waals surface area contributed by atoms with E-state index in [-0.39, 0.29) is 11.0 Å². The van der Waals surface area contributed by atoms with Crippen LogP contribution in [-0.4, -0.2) is 82.0 Å². The van der Waals surface area contributed by atoms with E-state index in [1.807, 2.05) is 6.92 Å². The average molecular weight is 385 g/mol. The summed E-state index contributed by atoms with van der Waals surface area (Å²) in [4.78, 5) is 2.09. The minimum Gasteiger partial charge on any atom is -0.388 e. The third-order valence-corrected chi connectivity index (χ3v) is 6.41. The van der Waals surface area contributed by atoms with Gasteiger partial charge in [-0.2, -0.15) is 8.42 Å². The van der Waals surface area contributed by atoms with Gasteiger partial charge in [-0.05, 0) is 19.1 Å². The van der Waals surface area contributed by atoms with Crippen molar-refractivity contribution in [1.29, 1.82) is 0 Å². The number of rotatable bonds is 4. The maximum atomic E-state index is 12.6. The van der Waals surface area contributed by atoms with Gasteiger partial charge in [-0.25, -0.2) is 0 Å².